The molecule has 2 aliphatic rings. The number of ether oxygens (including phenoxy) is 2. The topological polar surface area (TPSA) is 79.8 Å². The summed E-state index contributed by atoms with van der Waals surface area (Å²) in [6.07, 6.45) is 4.17. The second-order valence-corrected chi connectivity index (χ2v) is 8.17. The lowest BCUT2D eigenvalue weighted by molar-refractivity contribution is -0.124. The average Bonchev–Trinajstić information content (AvgIpc) is 3.49. The highest BCUT2D eigenvalue weighted by Gasteiger charge is 2.39. The third-order valence-corrected chi connectivity index (χ3v) is 6.29. The SMILES string of the molecule is CNC(=O)[C@@H]1CN(Cc2cc(OC)ccc2OC)C[C@H]1c1ccnc(N2CCCC2)n1. The molecule has 31 heavy (non-hydrogen) atoms. The molecule has 1 aromatic heterocycles. The van der Waals surface area contributed by atoms with E-state index in [0.717, 1.165) is 48.3 Å². The van der Waals surface area contributed by atoms with Crippen molar-refractivity contribution < 1.29 is 14.3 Å². The van der Waals surface area contributed by atoms with Gasteiger partial charge in [0.05, 0.1) is 25.8 Å². The highest BCUT2D eigenvalue weighted by atomic mass is 16.5. The molecule has 2 fully saturated rings. The Morgan fingerprint density at radius 3 is 2.68 bits per heavy atom. The number of rotatable bonds is 7. The number of nitrogens with zero attached hydrogens (tertiary/aromatic N) is 4. The first kappa shape index (κ1) is 21.4. The van der Waals surface area contributed by atoms with Gasteiger partial charge in [0.15, 0.2) is 0 Å². The minimum absolute atomic E-state index is 0.0147. The number of anilines is 1. The fourth-order valence-corrected chi connectivity index (χ4v) is 4.65. The first-order valence-electron chi connectivity index (χ1n) is 10.9. The second-order valence-electron chi connectivity index (χ2n) is 8.17. The van der Waals surface area contributed by atoms with Crippen LogP contribution in [0.4, 0.5) is 5.95 Å². The zero-order valence-electron chi connectivity index (χ0n) is 18.5. The van der Waals surface area contributed by atoms with Crippen molar-refractivity contribution >= 4 is 11.9 Å². The van der Waals surface area contributed by atoms with Crippen LogP contribution in [0.25, 0.3) is 0 Å². The van der Waals surface area contributed by atoms with Gasteiger partial charge in [-0.05, 0) is 37.1 Å². The number of carbonyl (C=O) groups is 1. The molecular formula is C23H31N5O3. The Hall–Kier alpha value is -2.87. The number of carbonyl (C=O) groups excluding carboxylic acids is 1. The van der Waals surface area contributed by atoms with E-state index in [9.17, 15) is 4.79 Å². The van der Waals surface area contributed by atoms with Crippen LogP contribution in [0.5, 0.6) is 11.5 Å². The van der Waals surface area contributed by atoms with Crippen molar-refractivity contribution in [3.05, 3.63) is 41.7 Å². The standard InChI is InChI=1S/C23H31N5O3/c1-24-22(29)19-15-27(13-16-12-17(30-2)6-7-21(16)31-3)14-18(19)20-8-9-25-23(26-20)28-10-4-5-11-28/h6-9,12,18-19H,4-5,10-11,13-15H2,1-3H3,(H,24,29)/t18-,19-/m1/s1. The van der Waals surface area contributed by atoms with E-state index in [-0.39, 0.29) is 17.7 Å². The Morgan fingerprint density at radius 1 is 1.16 bits per heavy atom. The number of likely N-dealkylation sites (tertiary alicyclic amines) is 1. The summed E-state index contributed by atoms with van der Waals surface area (Å²) in [5.41, 5.74) is 1.98. The van der Waals surface area contributed by atoms with Crippen LogP contribution in [0.3, 0.4) is 0 Å². The van der Waals surface area contributed by atoms with Gasteiger partial charge in [0, 0.05) is 57.4 Å². The molecule has 1 amide bonds. The summed E-state index contributed by atoms with van der Waals surface area (Å²) >= 11 is 0. The molecular weight excluding hydrogens is 394 g/mol. The second kappa shape index (κ2) is 9.51. The molecule has 0 saturated carbocycles. The van der Waals surface area contributed by atoms with E-state index >= 15 is 0 Å². The molecule has 2 saturated heterocycles. The molecule has 0 aliphatic carbocycles. The minimum Gasteiger partial charge on any atom is -0.497 e. The maximum Gasteiger partial charge on any atom is 0.225 e. The molecule has 2 aromatic rings. The largest absolute Gasteiger partial charge is 0.497 e. The Morgan fingerprint density at radius 2 is 1.97 bits per heavy atom. The number of hydrogen-bond acceptors (Lipinski definition) is 7. The molecule has 2 atom stereocenters. The molecule has 8 heteroatoms. The van der Waals surface area contributed by atoms with Crippen LogP contribution in [-0.2, 0) is 11.3 Å². The number of hydrogen-bond donors (Lipinski definition) is 1. The van der Waals surface area contributed by atoms with E-state index in [1.54, 1.807) is 21.3 Å². The number of nitrogens with one attached hydrogen (secondary N) is 1. The average molecular weight is 426 g/mol. The lowest BCUT2D eigenvalue weighted by Gasteiger charge is -2.20. The third-order valence-electron chi connectivity index (χ3n) is 6.29. The number of benzene rings is 1. The zero-order chi connectivity index (χ0) is 21.8. The van der Waals surface area contributed by atoms with Crippen LogP contribution in [-0.4, -0.2) is 68.2 Å². The van der Waals surface area contributed by atoms with Crippen molar-refractivity contribution in [1.29, 1.82) is 0 Å². The number of methoxy groups -OCH3 is 2. The fraction of sp³-hybridized carbons (Fsp3) is 0.522. The molecule has 1 N–H and O–H groups in total. The van der Waals surface area contributed by atoms with Crippen LogP contribution in [0, 0.1) is 5.92 Å². The van der Waals surface area contributed by atoms with Gasteiger partial charge in [0.25, 0.3) is 0 Å². The molecule has 3 heterocycles. The van der Waals surface area contributed by atoms with Crippen molar-refractivity contribution in [2.24, 2.45) is 5.92 Å². The van der Waals surface area contributed by atoms with Gasteiger partial charge in [0.1, 0.15) is 11.5 Å². The van der Waals surface area contributed by atoms with E-state index in [1.807, 2.05) is 30.5 Å². The molecule has 0 spiro atoms. The van der Waals surface area contributed by atoms with E-state index in [2.05, 4.69) is 20.1 Å². The lowest BCUT2D eigenvalue weighted by Crippen LogP contribution is -2.32. The Kier molecular flexibility index (Phi) is 6.56. The monoisotopic (exact) mass is 425 g/mol. The summed E-state index contributed by atoms with van der Waals surface area (Å²) in [5, 5.41) is 2.84. The van der Waals surface area contributed by atoms with Crippen LogP contribution in [0.2, 0.25) is 0 Å². The highest BCUT2D eigenvalue weighted by Crippen LogP contribution is 2.35. The predicted octanol–water partition coefficient (Wildman–Crippen LogP) is 2.06. The van der Waals surface area contributed by atoms with Crippen LogP contribution in [0.1, 0.15) is 30.0 Å². The van der Waals surface area contributed by atoms with Gasteiger partial charge in [-0.25, -0.2) is 9.97 Å². The number of aromatic nitrogens is 2. The molecule has 2 aliphatic heterocycles. The van der Waals surface area contributed by atoms with E-state index in [1.165, 1.54) is 12.8 Å². The van der Waals surface area contributed by atoms with Gasteiger partial charge in [-0.15, -0.1) is 0 Å². The molecule has 166 valence electrons. The van der Waals surface area contributed by atoms with Crippen molar-refractivity contribution in [3.8, 4) is 11.5 Å². The maximum absolute atomic E-state index is 12.7. The van der Waals surface area contributed by atoms with E-state index in [0.29, 0.717) is 13.1 Å². The normalized spacial score (nSPS) is 21.3. The summed E-state index contributed by atoms with van der Waals surface area (Å²) in [4.78, 5) is 26.6. The summed E-state index contributed by atoms with van der Waals surface area (Å²) < 4.78 is 10.9. The lowest BCUT2D eigenvalue weighted by atomic mass is 9.92. The first-order valence-corrected chi connectivity index (χ1v) is 10.9. The molecule has 0 bridgehead atoms. The van der Waals surface area contributed by atoms with Gasteiger partial charge >= 0.3 is 0 Å². The quantitative estimate of drug-likeness (QED) is 0.727. The van der Waals surface area contributed by atoms with Gasteiger partial charge in [-0.1, -0.05) is 0 Å². The van der Waals surface area contributed by atoms with Crippen molar-refractivity contribution in [2.75, 3.05) is 52.3 Å². The van der Waals surface area contributed by atoms with Gasteiger partial charge in [-0.3, -0.25) is 9.69 Å². The number of amides is 1. The first-order chi connectivity index (χ1) is 15.1. The Bertz CT molecular complexity index is 916. The summed E-state index contributed by atoms with van der Waals surface area (Å²) in [6, 6.07) is 7.76. The van der Waals surface area contributed by atoms with Crippen LogP contribution >= 0.6 is 0 Å². The zero-order valence-corrected chi connectivity index (χ0v) is 18.5. The predicted molar refractivity (Wildman–Crippen MR) is 119 cm³/mol. The molecule has 8 nitrogen and oxygen atoms in total. The summed E-state index contributed by atoms with van der Waals surface area (Å²) in [5.74, 6) is 2.29. The highest BCUT2D eigenvalue weighted by molar-refractivity contribution is 5.80. The van der Waals surface area contributed by atoms with E-state index in [4.69, 9.17) is 14.5 Å². The van der Waals surface area contributed by atoms with Crippen molar-refractivity contribution in [2.45, 2.75) is 25.3 Å². The van der Waals surface area contributed by atoms with Gasteiger partial charge in [-0.2, -0.15) is 0 Å². The molecule has 0 unspecified atom stereocenters. The van der Waals surface area contributed by atoms with Crippen LogP contribution in [0.15, 0.2) is 30.5 Å². The molecule has 4 rings (SSSR count). The molecule has 1 aromatic carbocycles. The maximum atomic E-state index is 12.7. The summed E-state index contributed by atoms with van der Waals surface area (Å²) in [7, 11) is 5.03. The van der Waals surface area contributed by atoms with Crippen molar-refractivity contribution in [3.63, 3.8) is 0 Å². The minimum atomic E-state index is -0.164. The van der Waals surface area contributed by atoms with Gasteiger partial charge in [0.2, 0.25) is 11.9 Å². The Balaban J connectivity index is 1.57. The van der Waals surface area contributed by atoms with Crippen LogP contribution < -0.4 is 19.7 Å². The van der Waals surface area contributed by atoms with Gasteiger partial charge < -0.3 is 19.7 Å². The third kappa shape index (κ3) is 4.58. The van der Waals surface area contributed by atoms with Crippen molar-refractivity contribution in [1.82, 2.24) is 20.2 Å². The fourth-order valence-electron chi connectivity index (χ4n) is 4.65. The molecule has 0 radical (unpaired) electrons. The summed E-state index contributed by atoms with van der Waals surface area (Å²) in [6.45, 7) is 4.07. The van der Waals surface area contributed by atoms with E-state index < -0.39 is 0 Å². The Labute approximate surface area is 183 Å². The smallest absolute Gasteiger partial charge is 0.225 e.